The largest absolute Gasteiger partial charge is 0.374 e. The molecule has 3 unspecified atom stereocenters. The van der Waals surface area contributed by atoms with Crippen LogP contribution in [-0.2, 0) is 4.74 Å². The molecule has 1 aliphatic heterocycles. The number of benzene rings is 1. The molecule has 0 amide bonds. The fourth-order valence-corrected chi connectivity index (χ4v) is 2.66. The molecule has 2 rings (SSSR count). The van der Waals surface area contributed by atoms with Crippen LogP contribution in [0, 0.1) is 0 Å². The fourth-order valence-electron chi connectivity index (χ4n) is 2.35. The second kappa shape index (κ2) is 6.42. The molecule has 0 bridgehead atoms. The number of halogens is 2. The minimum atomic E-state index is 0.0452. The predicted molar refractivity (Wildman–Crippen MR) is 79.8 cm³/mol. The summed E-state index contributed by atoms with van der Waals surface area (Å²) in [4.78, 5) is 2.37. The molecule has 2 N–H and O–H groups in total. The van der Waals surface area contributed by atoms with Crippen molar-refractivity contribution in [2.75, 3.05) is 19.7 Å². The van der Waals surface area contributed by atoms with Gasteiger partial charge in [-0.2, -0.15) is 0 Å². The summed E-state index contributed by atoms with van der Waals surface area (Å²) in [5.41, 5.74) is 7.09. The average Bonchev–Trinajstić information content (AvgIpc) is 2.41. The van der Waals surface area contributed by atoms with Gasteiger partial charge in [0.05, 0.1) is 22.8 Å². The van der Waals surface area contributed by atoms with Crippen molar-refractivity contribution in [2.24, 2.45) is 5.73 Å². The molecule has 0 aliphatic carbocycles. The lowest BCUT2D eigenvalue weighted by atomic mass is 10.0. The Morgan fingerprint density at radius 2 is 2.05 bits per heavy atom. The van der Waals surface area contributed by atoms with Crippen LogP contribution >= 0.6 is 23.2 Å². The van der Waals surface area contributed by atoms with Crippen molar-refractivity contribution in [1.29, 1.82) is 0 Å². The van der Waals surface area contributed by atoms with Gasteiger partial charge in [0.25, 0.3) is 0 Å². The average molecular weight is 303 g/mol. The topological polar surface area (TPSA) is 38.5 Å². The highest BCUT2D eigenvalue weighted by Gasteiger charge is 2.27. The zero-order chi connectivity index (χ0) is 14.0. The van der Waals surface area contributed by atoms with Crippen LogP contribution < -0.4 is 5.73 Å². The van der Waals surface area contributed by atoms with E-state index in [9.17, 15) is 0 Å². The summed E-state index contributed by atoms with van der Waals surface area (Å²) < 4.78 is 5.68. The Morgan fingerprint density at radius 1 is 1.32 bits per heavy atom. The molecule has 1 fully saturated rings. The summed E-state index contributed by atoms with van der Waals surface area (Å²) in [6.07, 6.45) is 0.0963. The van der Waals surface area contributed by atoms with Crippen molar-refractivity contribution in [3.63, 3.8) is 0 Å². The Morgan fingerprint density at radius 3 is 2.68 bits per heavy atom. The zero-order valence-electron chi connectivity index (χ0n) is 11.3. The van der Waals surface area contributed by atoms with E-state index in [0.29, 0.717) is 10.0 Å². The number of nitrogens with zero attached hydrogens (tertiary/aromatic N) is 1. The first-order valence-electron chi connectivity index (χ1n) is 6.55. The molecule has 1 aromatic carbocycles. The van der Waals surface area contributed by atoms with E-state index in [1.165, 1.54) is 5.56 Å². The minimum Gasteiger partial charge on any atom is -0.374 e. The monoisotopic (exact) mass is 302 g/mol. The quantitative estimate of drug-likeness (QED) is 0.932. The molecule has 5 heteroatoms. The molecular formula is C14H20Cl2N2O. The number of ether oxygens (including phenoxy) is 1. The summed E-state index contributed by atoms with van der Waals surface area (Å²) in [6, 6.07) is 6.13. The van der Waals surface area contributed by atoms with Gasteiger partial charge in [-0.3, -0.25) is 4.90 Å². The maximum Gasteiger partial charge on any atom is 0.0850 e. The first kappa shape index (κ1) is 15.1. The van der Waals surface area contributed by atoms with Crippen molar-refractivity contribution in [2.45, 2.75) is 32.0 Å². The van der Waals surface area contributed by atoms with Crippen LogP contribution in [0.25, 0.3) is 0 Å². The van der Waals surface area contributed by atoms with Gasteiger partial charge in [0.2, 0.25) is 0 Å². The number of hydrogen-bond donors (Lipinski definition) is 1. The van der Waals surface area contributed by atoms with Crippen LogP contribution in [0.3, 0.4) is 0 Å². The van der Waals surface area contributed by atoms with Gasteiger partial charge in [0, 0.05) is 25.2 Å². The lowest BCUT2D eigenvalue weighted by Crippen LogP contribution is -2.50. The molecule has 0 radical (unpaired) electrons. The molecule has 106 valence electrons. The summed E-state index contributed by atoms with van der Waals surface area (Å²) in [7, 11) is 0. The van der Waals surface area contributed by atoms with Gasteiger partial charge in [-0.25, -0.2) is 0 Å². The van der Waals surface area contributed by atoms with Gasteiger partial charge >= 0.3 is 0 Å². The first-order chi connectivity index (χ1) is 8.99. The maximum absolute atomic E-state index is 6.08. The molecule has 19 heavy (non-hydrogen) atoms. The van der Waals surface area contributed by atoms with E-state index < -0.39 is 0 Å². The van der Waals surface area contributed by atoms with E-state index in [1.807, 2.05) is 25.1 Å². The van der Waals surface area contributed by atoms with E-state index in [2.05, 4.69) is 11.8 Å². The standard InChI is InChI=1S/C14H20Cl2N2O/c1-9(17)14-8-18(5-6-19-14)10(2)11-3-4-12(15)13(16)7-11/h3-4,7,9-10,14H,5-6,8,17H2,1-2H3. The molecule has 0 spiro atoms. The van der Waals surface area contributed by atoms with Crippen molar-refractivity contribution in [3.8, 4) is 0 Å². The lowest BCUT2D eigenvalue weighted by molar-refractivity contribution is -0.0498. The number of morpholine rings is 1. The van der Waals surface area contributed by atoms with Crippen LogP contribution in [0.4, 0.5) is 0 Å². The Kier molecular flexibility index (Phi) is 5.09. The van der Waals surface area contributed by atoms with Crippen molar-refractivity contribution in [3.05, 3.63) is 33.8 Å². The molecule has 0 saturated carbocycles. The third kappa shape index (κ3) is 3.61. The predicted octanol–water partition coefficient (Wildman–Crippen LogP) is 3.10. The van der Waals surface area contributed by atoms with Gasteiger partial charge in [-0.1, -0.05) is 29.3 Å². The number of nitrogens with two attached hydrogens (primary N) is 1. The van der Waals surface area contributed by atoms with Gasteiger partial charge in [0.1, 0.15) is 0 Å². The maximum atomic E-state index is 6.08. The van der Waals surface area contributed by atoms with Gasteiger partial charge in [0.15, 0.2) is 0 Å². The summed E-state index contributed by atoms with van der Waals surface area (Å²) in [5, 5.41) is 1.19. The van der Waals surface area contributed by atoms with Crippen molar-refractivity contribution in [1.82, 2.24) is 4.90 Å². The molecule has 1 aliphatic rings. The van der Waals surface area contributed by atoms with Gasteiger partial charge in [-0.15, -0.1) is 0 Å². The van der Waals surface area contributed by atoms with Crippen LogP contribution in [0.5, 0.6) is 0 Å². The highest BCUT2D eigenvalue weighted by Crippen LogP contribution is 2.29. The Bertz CT molecular complexity index is 439. The highest BCUT2D eigenvalue weighted by molar-refractivity contribution is 6.42. The van der Waals surface area contributed by atoms with Gasteiger partial charge in [-0.05, 0) is 31.5 Å². The normalized spacial score (nSPS) is 24.2. The van der Waals surface area contributed by atoms with Crippen LogP contribution in [0.15, 0.2) is 18.2 Å². The first-order valence-corrected chi connectivity index (χ1v) is 7.31. The van der Waals surface area contributed by atoms with E-state index in [1.54, 1.807) is 0 Å². The molecule has 1 aromatic rings. The number of hydrogen-bond acceptors (Lipinski definition) is 3. The molecule has 1 heterocycles. The highest BCUT2D eigenvalue weighted by atomic mass is 35.5. The summed E-state index contributed by atoms with van der Waals surface area (Å²) >= 11 is 12.0. The second-order valence-corrected chi connectivity index (χ2v) is 5.93. The van der Waals surface area contributed by atoms with Crippen LogP contribution in [0.1, 0.15) is 25.5 Å². The van der Waals surface area contributed by atoms with Crippen LogP contribution in [0.2, 0.25) is 10.0 Å². The Labute approximate surface area is 124 Å². The molecule has 3 atom stereocenters. The van der Waals surface area contributed by atoms with Gasteiger partial charge < -0.3 is 10.5 Å². The molecule has 3 nitrogen and oxygen atoms in total. The lowest BCUT2D eigenvalue weighted by Gasteiger charge is -2.38. The van der Waals surface area contributed by atoms with E-state index in [4.69, 9.17) is 33.7 Å². The molecule has 0 aromatic heterocycles. The van der Waals surface area contributed by atoms with Crippen molar-refractivity contribution < 1.29 is 4.74 Å². The van der Waals surface area contributed by atoms with E-state index >= 15 is 0 Å². The van der Waals surface area contributed by atoms with E-state index in [-0.39, 0.29) is 18.2 Å². The van der Waals surface area contributed by atoms with Crippen LogP contribution in [-0.4, -0.2) is 36.7 Å². The SMILES string of the molecule is CC(N)C1CN(C(C)c2ccc(Cl)c(Cl)c2)CCO1. The molecule has 1 saturated heterocycles. The third-order valence-electron chi connectivity index (χ3n) is 3.69. The summed E-state index contributed by atoms with van der Waals surface area (Å²) in [5.74, 6) is 0. The van der Waals surface area contributed by atoms with E-state index in [0.717, 1.165) is 19.7 Å². The fraction of sp³-hybridized carbons (Fsp3) is 0.571. The minimum absolute atomic E-state index is 0.0452. The second-order valence-electron chi connectivity index (χ2n) is 5.11. The summed E-state index contributed by atoms with van der Waals surface area (Å²) in [6.45, 7) is 6.63. The number of rotatable bonds is 3. The third-order valence-corrected chi connectivity index (χ3v) is 4.42. The molecular weight excluding hydrogens is 283 g/mol. The zero-order valence-corrected chi connectivity index (χ0v) is 12.8. The Balaban J connectivity index is 2.10. The smallest absolute Gasteiger partial charge is 0.0850 e. The van der Waals surface area contributed by atoms with Crippen molar-refractivity contribution >= 4 is 23.2 Å². The Hall–Kier alpha value is -0.320.